The first-order valence-corrected chi connectivity index (χ1v) is 12.8. The molecule has 4 rings (SSSR count). The Morgan fingerprint density at radius 2 is 1.58 bits per heavy atom. The quantitative estimate of drug-likeness (QED) is 0.134. The maximum atomic E-state index is 12.7. The molecule has 0 aromatic rings. The van der Waals surface area contributed by atoms with Gasteiger partial charge in [0.15, 0.2) is 12.6 Å². The predicted molar refractivity (Wildman–Crippen MR) is 127 cm³/mol. The molecule has 0 radical (unpaired) electrons. The summed E-state index contributed by atoms with van der Waals surface area (Å²) in [7, 11) is 0. The van der Waals surface area contributed by atoms with Crippen molar-refractivity contribution in [2.24, 2.45) is 22.6 Å². The highest BCUT2D eigenvalue weighted by Crippen LogP contribution is 2.33. The average molecular weight is 552 g/mol. The van der Waals surface area contributed by atoms with Crippen LogP contribution in [0.15, 0.2) is 0 Å². The number of carbonyl (C=O) groups is 1. The van der Waals surface area contributed by atoms with Crippen molar-refractivity contribution in [2.75, 3.05) is 26.2 Å². The normalized spacial score (nSPS) is 48.9. The summed E-state index contributed by atoms with van der Waals surface area (Å²) in [5.41, 5.74) is 17.0. The van der Waals surface area contributed by atoms with Gasteiger partial charge in [0.2, 0.25) is 5.91 Å². The van der Waals surface area contributed by atoms with Gasteiger partial charge in [-0.05, 0) is 13.3 Å². The van der Waals surface area contributed by atoms with E-state index in [1.807, 2.05) is 0 Å². The van der Waals surface area contributed by atoms with Gasteiger partial charge in [-0.25, -0.2) is 0 Å². The van der Waals surface area contributed by atoms with Crippen molar-refractivity contribution in [3.05, 3.63) is 0 Å². The molecule has 14 atom stereocenters. The minimum Gasteiger partial charge on any atom is -0.394 e. The van der Waals surface area contributed by atoms with E-state index in [9.17, 15) is 35.4 Å². The number of hydrogen-bond acceptors (Lipinski definition) is 15. The monoisotopic (exact) mass is 551 g/mol. The van der Waals surface area contributed by atoms with Gasteiger partial charge in [-0.15, -0.1) is 0 Å². The zero-order valence-electron chi connectivity index (χ0n) is 21.1. The standard InChI is InChI=1S/C22H41N5O11/c1-22(5-26-6-22)21(34)27-8-2-7(24)12(29)18(13(8)30)38-20-16(33)17(10(4-28)36-20)37-19-11(25)15(32)14(31)9(3-23)35-19/h7-20,26,28-33H,2-6,23-25H2,1H3,(H,27,34). The van der Waals surface area contributed by atoms with E-state index in [2.05, 4.69) is 10.6 Å². The first kappa shape index (κ1) is 29.9. The maximum Gasteiger partial charge on any atom is 0.228 e. The Balaban J connectivity index is 1.43. The highest BCUT2D eigenvalue weighted by atomic mass is 16.7. The number of nitrogens with one attached hydrogen (secondary N) is 2. The highest BCUT2D eigenvalue weighted by molar-refractivity contribution is 5.84. The Bertz CT molecular complexity index is 823. The van der Waals surface area contributed by atoms with Gasteiger partial charge < -0.3 is 77.4 Å². The van der Waals surface area contributed by atoms with Gasteiger partial charge in [0.25, 0.3) is 0 Å². The number of carbonyl (C=O) groups excluding carboxylic acids is 1. The van der Waals surface area contributed by atoms with Crippen LogP contribution < -0.4 is 27.8 Å². The van der Waals surface area contributed by atoms with E-state index in [0.29, 0.717) is 13.1 Å². The van der Waals surface area contributed by atoms with Gasteiger partial charge in [0.05, 0.1) is 30.2 Å². The molecule has 1 saturated carbocycles. The summed E-state index contributed by atoms with van der Waals surface area (Å²) in [6.07, 6.45) is -14.6. The minimum atomic E-state index is -1.56. The van der Waals surface area contributed by atoms with Gasteiger partial charge in [-0.3, -0.25) is 4.79 Å². The number of nitrogens with two attached hydrogens (primary N) is 3. The molecule has 1 aliphatic carbocycles. The molecule has 3 saturated heterocycles. The lowest BCUT2D eigenvalue weighted by Crippen LogP contribution is -2.67. The lowest BCUT2D eigenvalue weighted by atomic mass is 9.80. The average Bonchev–Trinajstić information content (AvgIpc) is 3.17. The Morgan fingerprint density at radius 1 is 0.947 bits per heavy atom. The molecular weight excluding hydrogens is 510 g/mol. The number of ether oxygens (including phenoxy) is 4. The molecule has 14 unspecified atom stereocenters. The SMILES string of the molecule is CC1(C(=O)NC2CC(N)C(O)C(OC3OC(CO)C(OC4OC(CN)C(O)C(O)C4N)C3O)C2O)CNC1. The summed E-state index contributed by atoms with van der Waals surface area (Å²) in [6, 6.07) is -2.91. The van der Waals surface area contributed by atoms with Crippen molar-refractivity contribution >= 4 is 5.91 Å². The summed E-state index contributed by atoms with van der Waals surface area (Å²) in [5, 5.41) is 68.5. The van der Waals surface area contributed by atoms with Crippen LogP contribution in [-0.4, -0.2) is 148 Å². The molecule has 0 bridgehead atoms. The number of aliphatic hydroxyl groups excluding tert-OH is 6. The molecule has 16 nitrogen and oxygen atoms in total. The summed E-state index contributed by atoms with van der Waals surface area (Å²) in [5.74, 6) is -0.277. The fourth-order valence-corrected chi connectivity index (χ4v) is 5.27. The number of rotatable bonds is 8. The Labute approximate surface area is 219 Å². The van der Waals surface area contributed by atoms with Crippen molar-refractivity contribution in [2.45, 2.75) is 99.0 Å². The molecule has 4 fully saturated rings. The van der Waals surface area contributed by atoms with E-state index in [4.69, 9.17) is 36.1 Å². The Morgan fingerprint density at radius 3 is 2.16 bits per heavy atom. The minimum absolute atomic E-state index is 0.0872. The first-order valence-electron chi connectivity index (χ1n) is 12.8. The van der Waals surface area contributed by atoms with Crippen LogP contribution in [0, 0.1) is 5.41 Å². The molecule has 0 aromatic heterocycles. The van der Waals surface area contributed by atoms with E-state index in [-0.39, 0.29) is 18.9 Å². The summed E-state index contributed by atoms with van der Waals surface area (Å²) >= 11 is 0. The summed E-state index contributed by atoms with van der Waals surface area (Å²) < 4.78 is 22.7. The van der Waals surface area contributed by atoms with Crippen molar-refractivity contribution in [3.63, 3.8) is 0 Å². The molecule has 14 N–H and O–H groups in total. The molecule has 1 amide bonds. The van der Waals surface area contributed by atoms with Gasteiger partial charge in [0.1, 0.15) is 48.8 Å². The van der Waals surface area contributed by atoms with Crippen LogP contribution in [0.5, 0.6) is 0 Å². The third-order valence-corrected chi connectivity index (χ3v) is 7.98. The van der Waals surface area contributed by atoms with E-state index >= 15 is 0 Å². The smallest absolute Gasteiger partial charge is 0.228 e. The van der Waals surface area contributed by atoms with Crippen LogP contribution in [0.25, 0.3) is 0 Å². The summed E-state index contributed by atoms with van der Waals surface area (Å²) in [6.45, 7) is 1.99. The van der Waals surface area contributed by atoms with E-state index < -0.39 is 97.7 Å². The predicted octanol–water partition coefficient (Wildman–Crippen LogP) is -6.89. The number of amides is 1. The lowest BCUT2D eigenvalue weighted by Gasteiger charge is -2.44. The van der Waals surface area contributed by atoms with Crippen LogP contribution in [0.3, 0.4) is 0 Å². The molecule has 16 heteroatoms. The van der Waals surface area contributed by atoms with Crippen LogP contribution in [0.2, 0.25) is 0 Å². The van der Waals surface area contributed by atoms with E-state index in [0.717, 1.165) is 0 Å². The number of aliphatic hydroxyl groups is 6. The molecule has 3 heterocycles. The Kier molecular flexibility index (Phi) is 9.28. The topological polar surface area (TPSA) is 277 Å². The summed E-state index contributed by atoms with van der Waals surface area (Å²) in [4.78, 5) is 12.7. The third kappa shape index (κ3) is 5.57. The van der Waals surface area contributed by atoms with Crippen LogP contribution in [0.1, 0.15) is 13.3 Å². The lowest BCUT2D eigenvalue weighted by molar-refractivity contribution is -0.280. The van der Waals surface area contributed by atoms with E-state index in [1.54, 1.807) is 6.92 Å². The second-order valence-corrected chi connectivity index (χ2v) is 10.9. The van der Waals surface area contributed by atoms with Crippen molar-refractivity contribution in [3.8, 4) is 0 Å². The fraction of sp³-hybridized carbons (Fsp3) is 0.955. The molecule has 4 aliphatic rings. The molecule has 3 aliphatic heterocycles. The molecule has 220 valence electrons. The third-order valence-electron chi connectivity index (χ3n) is 7.98. The van der Waals surface area contributed by atoms with Gasteiger partial charge in [0, 0.05) is 25.7 Å². The highest BCUT2D eigenvalue weighted by Gasteiger charge is 2.53. The molecular formula is C22H41N5O11. The van der Waals surface area contributed by atoms with Crippen molar-refractivity contribution in [1.82, 2.24) is 10.6 Å². The fourth-order valence-electron chi connectivity index (χ4n) is 5.27. The first-order chi connectivity index (χ1) is 17.9. The van der Waals surface area contributed by atoms with Gasteiger partial charge in [-0.2, -0.15) is 0 Å². The second-order valence-electron chi connectivity index (χ2n) is 10.9. The second kappa shape index (κ2) is 11.8. The van der Waals surface area contributed by atoms with Crippen LogP contribution >= 0.6 is 0 Å². The Hall–Kier alpha value is -1.09. The van der Waals surface area contributed by atoms with Crippen LogP contribution in [0.4, 0.5) is 0 Å². The van der Waals surface area contributed by atoms with E-state index in [1.165, 1.54) is 0 Å². The largest absolute Gasteiger partial charge is 0.394 e. The molecule has 0 spiro atoms. The van der Waals surface area contributed by atoms with Crippen LogP contribution in [-0.2, 0) is 23.7 Å². The van der Waals surface area contributed by atoms with Crippen molar-refractivity contribution < 1.29 is 54.4 Å². The van der Waals surface area contributed by atoms with Crippen molar-refractivity contribution in [1.29, 1.82) is 0 Å². The molecule has 0 aromatic carbocycles. The van der Waals surface area contributed by atoms with Gasteiger partial charge >= 0.3 is 0 Å². The maximum absolute atomic E-state index is 12.7. The molecule has 38 heavy (non-hydrogen) atoms. The zero-order valence-corrected chi connectivity index (χ0v) is 21.1. The number of hydrogen-bond donors (Lipinski definition) is 11. The zero-order chi connectivity index (χ0) is 27.9. The van der Waals surface area contributed by atoms with Gasteiger partial charge in [-0.1, -0.05) is 0 Å².